The van der Waals surface area contributed by atoms with Crippen LogP contribution in [0.15, 0.2) is 0 Å². The number of Topliss-reactive ketones (excluding diaryl/α,β-unsaturated/α-hetero) is 2. The van der Waals surface area contributed by atoms with Crippen molar-refractivity contribution in [2.45, 2.75) is 39.0 Å². The van der Waals surface area contributed by atoms with E-state index in [1.807, 2.05) is 6.92 Å². The minimum absolute atomic E-state index is 0.131. The second-order valence-corrected chi connectivity index (χ2v) is 4.32. The van der Waals surface area contributed by atoms with Gasteiger partial charge in [-0.2, -0.15) is 0 Å². The Bertz CT molecular complexity index is 244. The quantitative estimate of drug-likeness (QED) is 0.549. The van der Waals surface area contributed by atoms with Crippen molar-refractivity contribution in [2.24, 2.45) is 11.3 Å². The monoisotopic (exact) mass is 166 g/mol. The van der Waals surface area contributed by atoms with Crippen molar-refractivity contribution in [2.75, 3.05) is 0 Å². The van der Waals surface area contributed by atoms with E-state index in [1.54, 1.807) is 0 Å². The molecule has 0 bridgehead atoms. The highest BCUT2D eigenvalue weighted by Crippen LogP contribution is 2.48. The van der Waals surface area contributed by atoms with E-state index >= 15 is 0 Å². The minimum Gasteiger partial charge on any atom is -0.300 e. The lowest BCUT2D eigenvalue weighted by molar-refractivity contribution is -0.131. The molecular weight excluding hydrogens is 152 g/mol. The van der Waals surface area contributed by atoms with Crippen molar-refractivity contribution in [1.82, 2.24) is 0 Å². The van der Waals surface area contributed by atoms with Crippen LogP contribution in [0.25, 0.3) is 0 Å². The molecule has 2 aliphatic carbocycles. The molecule has 0 spiro atoms. The third-order valence-electron chi connectivity index (χ3n) is 3.66. The first-order valence-corrected chi connectivity index (χ1v) is 4.68. The van der Waals surface area contributed by atoms with Crippen LogP contribution in [0.2, 0.25) is 0 Å². The largest absolute Gasteiger partial charge is 0.300 e. The molecule has 0 aliphatic heterocycles. The van der Waals surface area contributed by atoms with E-state index in [0.717, 1.165) is 12.8 Å². The van der Waals surface area contributed by atoms with Crippen molar-refractivity contribution in [1.29, 1.82) is 0 Å². The molecule has 12 heavy (non-hydrogen) atoms. The van der Waals surface area contributed by atoms with E-state index in [0.29, 0.717) is 36.7 Å². The summed E-state index contributed by atoms with van der Waals surface area (Å²) in [5, 5.41) is 0. The Balaban J connectivity index is 2.24. The molecule has 0 radical (unpaired) electrons. The van der Waals surface area contributed by atoms with Gasteiger partial charge in [0.1, 0.15) is 11.6 Å². The second kappa shape index (κ2) is 2.41. The smallest absolute Gasteiger partial charge is 0.139 e. The lowest BCUT2D eigenvalue weighted by Gasteiger charge is -2.33. The maximum atomic E-state index is 11.5. The van der Waals surface area contributed by atoms with E-state index in [4.69, 9.17) is 0 Å². The van der Waals surface area contributed by atoms with E-state index in [9.17, 15) is 9.59 Å². The van der Waals surface area contributed by atoms with E-state index in [1.165, 1.54) is 0 Å². The summed E-state index contributed by atoms with van der Waals surface area (Å²) in [6.45, 7) is 2.04. The van der Waals surface area contributed by atoms with Gasteiger partial charge in [-0.1, -0.05) is 6.92 Å². The molecule has 0 N–H and O–H groups in total. The van der Waals surface area contributed by atoms with E-state index in [-0.39, 0.29) is 5.41 Å². The summed E-state index contributed by atoms with van der Waals surface area (Å²) in [6.07, 6.45) is 3.73. The van der Waals surface area contributed by atoms with Crippen molar-refractivity contribution < 1.29 is 9.59 Å². The van der Waals surface area contributed by atoms with Crippen molar-refractivity contribution >= 4 is 11.6 Å². The van der Waals surface area contributed by atoms with Gasteiger partial charge in [-0.05, 0) is 18.8 Å². The first kappa shape index (κ1) is 7.96. The molecule has 0 amide bonds. The summed E-state index contributed by atoms with van der Waals surface area (Å²) in [7, 11) is 0. The van der Waals surface area contributed by atoms with Gasteiger partial charge in [-0.3, -0.25) is 9.59 Å². The minimum atomic E-state index is -0.131. The summed E-state index contributed by atoms with van der Waals surface area (Å²) >= 11 is 0. The topological polar surface area (TPSA) is 34.1 Å². The second-order valence-electron chi connectivity index (χ2n) is 4.32. The Morgan fingerprint density at radius 2 is 2.08 bits per heavy atom. The molecule has 2 saturated carbocycles. The van der Waals surface area contributed by atoms with Crippen LogP contribution in [0, 0.1) is 11.3 Å². The van der Waals surface area contributed by atoms with E-state index < -0.39 is 0 Å². The van der Waals surface area contributed by atoms with Gasteiger partial charge in [0.2, 0.25) is 0 Å². The third kappa shape index (κ3) is 0.936. The first-order chi connectivity index (χ1) is 5.63. The van der Waals surface area contributed by atoms with Crippen molar-refractivity contribution in [3.05, 3.63) is 0 Å². The zero-order valence-corrected chi connectivity index (χ0v) is 7.43. The third-order valence-corrected chi connectivity index (χ3v) is 3.66. The van der Waals surface area contributed by atoms with Crippen molar-refractivity contribution in [3.63, 3.8) is 0 Å². The average molecular weight is 166 g/mol. The highest BCUT2D eigenvalue weighted by Gasteiger charge is 2.48. The van der Waals surface area contributed by atoms with Crippen LogP contribution >= 0.6 is 0 Å². The SMILES string of the molecule is C[C@@]12CCC(=O)C[C@@H]1CCC2=O. The first-order valence-electron chi connectivity index (χ1n) is 4.68. The summed E-state index contributed by atoms with van der Waals surface area (Å²) in [5.74, 6) is 1.11. The van der Waals surface area contributed by atoms with Gasteiger partial charge in [-0.15, -0.1) is 0 Å². The number of rotatable bonds is 0. The highest BCUT2D eigenvalue weighted by molar-refractivity contribution is 5.91. The lowest BCUT2D eigenvalue weighted by Crippen LogP contribution is -2.35. The zero-order valence-electron chi connectivity index (χ0n) is 7.43. The number of carbonyl (C=O) groups is 2. The van der Waals surface area contributed by atoms with Crippen LogP contribution in [0.5, 0.6) is 0 Å². The molecule has 2 fully saturated rings. The van der Waals surface area contributed by atoms with E-state index in [2.05, 4.69) is 0 Å². The van der Waals surface area contributed by atoms with Gasteiger partial charge < -0.3 is 0 Å². The predicted molar refractivity (Wildman–Crippen MR) is 44.7 cm³/mol. The van der Waals surface area contributed by atoms with Gasteiger partial charge in [0, 0.05) is 24.7 Å². The van der Waals surface area contributed by atoms with Crippen LogP contribution < -0.4 is 0 Å². The Morgan fingerprint density at radius 1 is 1.33 bits per heavy atom. The van der Waals surface area contributed by atoms with Gasteiger partial charge >= 0.3 is 0 Å². The molecular formula is C10H14O2. The molecule has 2 atom stereocenters. The molecule has 0 heterocycles. The Kier molecular flexibility index (Phi) is 1.60. The molecule has 2 heteroatoms. The summed E-state index contributed by atoms with van der Waals surface area (Å²) in [6, 6.07) is 0. The number of hydrogen-bond donors (Lipinski definition) is 0. The van der Waals surface area contributed by atoms with Gasteiger partial charge in [0.25, 0.3) is 0 Å². The molecule has 0 aromatic rings. The fourth-order valence-corrected chi connectivity index (χ4v) is 2.58. The summed E-state index contributed by atoms with van der Waals surface area (Å²) < 4.78 is 0. The number of hydrogen-bond acceptors (Lipinski definition) is 2. The molecule has 2 aliphatic rings. The van der Waals surface area contributed by atoms with Crippen molar-refractivity contribution in [3.8, 4) is 0 Å². The predicted octanol–water partition coefficient (Wildman–Crippen LogP) is 1.72. The molecule has 0 saturated heterocycles. The zero-order chi connectivity index (χ0) is 8.77. The summed E-state index contributed by atoms with van der Waals surface area (Å²) in [5.41, 5.74) is -0.131. The normalized spacial score (nSPS) is 41.6. The molecule has 66 valence electrons. The van der Waals surface area contributed by atoms with Crippen LogP contribution in [0.3, 0.4) is 0 Å². The Hall–Kier alpha value is -0.660. The number of ketones is 2. The average Bonchev–Trinajstić information content (AvgIpc) is 2.31. The van der Waals surface area contributed by atoms with Gasteiger partial charge in [-0.25, -0.2) is 0 Å². The fraction of sp³-hybridized carbons (Fsp3) is 0.800. The molecule has 0 aromatic carbocycles. The standard InChI is InChI=1S/C10H14O2/c1-10-5-4-8(11)6-7(10)2-3-9(10)12/h7H,2-6H2,1H3/t7-,10+/m0/s1. The number of fused-ring (bicyclic) bond motifs is 1. The van der Waals surface area contributed by atoms with Crippen LogP contribution in [-0.2, 0) is 9.59 Å². The highest BCUT2D eigenvalue weighted by atomic mass is 16.1. The molecule has 0 unspecified atom stereocenters. The van der Waals surface area contributed by atoms with Gasteiger partial charge in [0.15, 0.2) is 0 Å². The molecule has 2 nitrogen and oxygen atoms in total. The fourth-order valence-electron chi connectivity index (χ4n) is 2.58. The van der Waals surface area contributed by atoms with Crippen LogP contribution in [0.1, 0.15) is 39.0 Å². The molecule has 2 rings (SSSR count). The Morgan fingerprint density at radius 3 is 2.83 bits per heavy atom. The van der Waals surface area contributed by atoms with Gasteiger partial charge in [0.05, 0.1) is 0 Å². The van der Waals surface area contributed by atoms with Crippen LogP contribution in [-0.4, -0.2) is 11.6 Å². The lowest BCUT2D eigenvalue weighted by atomic mass is 9.69. The number of carbonyl (C=O) groups excluding carboxylic acids is 2. The molecule has 0 aromatic heterocycles. The maximum Gasteiger partial charge on any atom is 0.139 e. The van der Waals surface area contributed by atoms with Crippen LogP contribution in [0.4, 0.5) is 0 Å². The summed E-state index contributed by atoms with van der Waals surface area (Å²) in [4.78, 5) is 22.7. The Labute approximate surface area is 72.3 Å². The maximum absolute atomic E-state index is 11.5.